The molecular weight excluding hydrogens is 264 g/mol. The summed E-state index contributed by atoms with van der Waals surface area (Å²) in [6, 6.07) is 9.38. The van der Waals surface area contributed by atoms with Gasteiger partial charge in [-0.25, -0.2) is 0 Å². The zero-order valence-corrected chi connectivity index (χ0v) is 12.9. The van der Waals surface area contributed by atoms with Crippen LogP contribution in [0.1, 0.15) is 43.0 Å². The minimum absolute atomic E-state index is 0.0555. The lowest BCUT2D eigenvalue weighted by atomic mass is 9.84. The van der Waals surface area contributed by atoms with E-state index in [9.17, 15) is 15.3 Å². The van der Waals surface area contributed by atoms with E-state index in [0.29, 0.717) is 12.0 Å². The first-order valence-electron chi connectivity index (χ1n) is 7.02. The van der Waals surface area contributed by atoms with Gasteiger partial charge in [0.1, 0.15) is 0 Å². The van der Waals surface area contributed by atoms with E-state index in [2.05, 4.69) is 39.0 Å². The molecule has 0 atom stereocenters. The number of rotatable bonds is 2. The molecule has 0 aliphatic rings. The molecule has 0 radical (unpaired) electrons. The first kappa shape index (κ1) is 15.2. The number of hydrogen-bond donors (Lipinski definition) is 3. The highest BCUT2D eigenvalue weighted by molar-refractivity contribution is 5.54. The number of phenols is 3. The minimum atomic E-state index is -0.462. The molecule has 2 rings (SSSR count). The van der Waals surface area contributed by atoms with Crippen LogP contribution in [-0.4, -0.2) is 15.3 Å². The first-order chi connectivity index (χ1) is 9.68. The lowest BCUT2D eigenvalue weighted by molar-refractivity contribution is 0.365. The fourth-order valence-electron chi connectivity index (χ4n) is 2.37. The van der Waals surface area contributed by atoms with Crippen LogP contribution < -0.4 is 0 Å². The molecule has 0 fully saturated rings. The normalized spacial score (nSPS) is 11.6. The van der Waals surface area contributed by atoms with Crippen LogP contribution in [0, 0.1) is 6.92 Å². The van der Waals surface area contributed by atoms with Crippen molar-refractivity contribution in [3.8, 4) is 17.2 Å². The predicted octanol–water partition coefficient (Wildman–Crippen LogP) is 4.00. The molecule has 0 aromatic heterocycles. The summed E-state index contributed by atoms with van der Waals surface area (Å²) in [7, 11) is 0. The fourth-order valence-corrected chi connectivity index (χ4v) is 2.37. The van der Waals surface area contributed by atoms with Crippen LogP contribution in [-0.2, 0) is 11.8 Å². The van der Waals surface area contributed by atoms with Gasteiger partial charge in [-0.3, -0.25) is 0 Å². The van der Waals surface area contributed by atoms with Crippen LogP contribution in [0.3, 0.4) is 0 Å². The predicted molar refractivity (Wildman–Crippen MR) is 84.1 cm³/mol. The number of hydrogen-bond acceptors (Lipinski definition) is 3. The van der Waals surface area contributed by atoms with Crippen LogP contribution in [0.25, 0.3) is 0 Å². The van der Waals surface area contributed by atoms with Gasteiger partial charge in [-0.2, -0.15) is 0 Å². The Morgan fingerprint density at radius 1 is 0.905 bits per heavy atom. The quantitative estimate of drug-likeness (QED) is 0.731. The molecule has 2 aromatic carbocycles. The molecule has 3 N–H and O–H groups in total. The topological polar surface area (TPSA) is 60.7 Å². The Morgan fingerprint density at radius 2 is 1.57 bits per heavy atom. The van der Waals surface area contributed by atoms with Crippen LogP contribution in [0.2, 0.25) is 0 Å². The highest BCUT2D eigenvalue weighted by Gasteiger charge is 2.16. The van der Waals surface area contributed by atoms with E-state index >= 15 is 0 Å². The second kappa shape index (κ2) is 5.32. The summed E-state index contributed by atoms with van der Waals surface area (Å²) < 4.78 is 0. The molecule has 2 aromatic rings. The van der Waals surface area contributed by atoms with Crippen LogP contribution in [0.15, 0.2) is 30.3 Å². The molecule has 0 heterocycles. The van der Waals surface area contributed by atoms with Crippen molar-refractivity contribution in [3.63, 3.8) is 0 Å². The van der Waals surface area contributed by atoms with Gasteiger partial charge in [0.05, 0.1) is 0 Å². The molecule has 0 saturated carbocycles. The summed E-state index contributed by atoms with van der Waals surface area (Å²) >= 11 is 0. The molecule has 0 saturated heterocycles. The third-order valence-corrected chi connectivity index (χ3v) is 3.61. The molecule has 3 heteroatoms. The maximum absolute atomic E-state index is 9.93. The van der Waals surface area contributed by atoms with E-state index in [0.717, 1.165) is 5.56 Å². The number of phenolic OH excluding ortho intramolecular Hbond substituents is 3. The Labute approximate surface area is 125 Å². The Bertz CT molecular complexity index is 667. The Balaban J connectivity index is 2.41. The van der Waals surface area contributed by atoms with Gasteiger partial charge in [-0.1, -0.05) is 50.6 Å². The first-order valence-corrected chi connectivity index (χ1v) is 7.02. The van der Waals surface area contributed by atoms with E-state index in [1.54, 1.807) is 6.07 Å². The molecule has 0 aliphatic carbocycles. The van der Waals surface area contributed by atoms with Gasteiger partial charge in [0.15, 0.2) is 11.5 Å². The smallest absolute Gasteiger partial charge is 0.200 e. The Hall–Kier alpha value is -2.16. The molecule has 0 amide bonds. The van der Waals surface area contributed by atoms with Gasteiger partial charge >= 0.3 is 0 Å². The average molecular weight is 286 g/mol. The van der Waals surface area contributed by atoms with E-state index in [1.165, 1.54) is 17.2 Å². The maximum Gasteiger partial charge on any atom is 0.200 e. The van der Waals surface area contributed by atoms with Crippen LogP contribution in [0.4, 0.5) is 0 Å². The molecular formula is C18H22O3. The third kappa shape index (κ3) is 3.30. The largest absolute Gasteiger partial charge is 0.504 e. The number of aryl methyl sites for hydroxylation is 1. The van der Waals surface area contributed by atoms with Crippen molar-refractivity contribution in [2.45, 2.75) is 39.5 Å². The number of benzene rings is 2. The van der Waals surface area contributed by atoms with Gasteiger partial charge in [0.25, 0.3) is 0 Å². The molecule has 0 spiro atoms. The second-order valence-electron chi connectivity index (χ2n) is 6.58. The Kier molecular flexibility index (Phi) is 3.86. The van der Waals surface area contributed by atoms with Crippen molar-refractivity contribution in [1.29, 1.82) is 0 Å². The average Bonchev–Trinajstić information content (AvgIpc) is 2.38. The maximum atomic E-state index is 9.93. The summed E-state index contributed by atoms with van der Waals surface area (Å²) in [5.41, 5.74) is 4.12. The molecule has 0 bridgehead atoms. The van der Waals surface area contributed by atoms with Gasteiger partial charge in [0.2, 0.25) is 5.75 Å². The summed E-state index contributed by atoms with van der Waals surface area (Å²) in [5, 5.41) is 28.9. The van der Waals surface area contributed by atoms with E-state index in [-0.39, 0.29) is 16.9 Å². The summed E-state index contributed by atoms with van der Waals surface area (Å²) in [4.78, 5) is 0. The highest BCUT2D eigenvalue weighted by Crippen LogP contribution is 2.38. The van der Waals surface area contributed by atoms with E-state index in [4.69, 9.17) is 0 Å². The number of aromatic hydroxyl groups is 3. The summed E-state index contributed by atoms with van der Waals surface area (Å²) in [5.74, 6) is -1.03. The van der Waals surface area contributed by atoms with Crippen molar-refractivity contribution < 1.29 is 15.3 Å². The third-order valence-electron chi connectivity index (χ3n) is 3.61. The summed E-state index contributed by atoms with van der Waals surface area (Å²) in [6.07, 6.45) is 0.504. The standard InChI is InChI=1S/C18H22O3/c1-11-7-12(10-14(8-11)18(2,3)4)9-13-5-6-15(19)17(21)16(13)20/h5-8,10,19-21H,9H2,1-4H3. The molecule has 0 aliphatic heterocycles. The van der Waals surface area contributed by atoms with Crippen LogP contribution in [0.5, 0.6) is 17.2 Å². The van der Waals surface area contributed by atoms with Crippen molar-refractivity contribution in [3.05, 3.63) is 52.6 Å². The van der Waals surface area contributed by atoms with E-state index in [1.807, 2.05) is 6.92 Å². The van der Waals surface area contributed by atoms with Gasteiger partial charge in [-0.15, -0.1) is 0 Å². The van der Waals surface area contributed by atoms with Crippen molar-refractivity contribution in [2.24, 2.45) is 0 Å². The van der Waals surface area contributed by atoms with Crippen molar-refractivity contribution in [1.82, 2.24) is 0 Å². The van der Waals surface area contributed by atoms with Gasteiger partial charge < -0.3 is 15.3 Å². The molecule has 3 nitrogen and oxygen atoms in total. The second-order valence-corrected chi connectivity index (χ2v) is 6.58. The molecule has 0 unspecified atom stereocenters. The highest BCUT2D eigenvalue weighted by atomic mass is 16.3. The SMILES string of the molecule is Cc1cc(Cc2ccc(O)c(O)c2O)cc(C(C)(C)C)c1. The van der Waals surface area contributed by atoms with Crippen molar-refractivity contribution >= 4 is 0 Å². The fraction of sp³-hybridized carbons (Fsp3) is 0.333. The monoisotopic (exact) mass is 286 g/mol. The van der Waals surface area contributed by atoms with Crippen LogP contribution >= 0.6 is 0 Å². The van der Waals surface area contributed by atoms with Crippen molar-refractivity contribution in [2.75, 3.05) is 0 Å². The minimum Gasteiger partial charge on any atom is -0.504 e. The Morgan fingerprint density at radius 3 is 2.19 bits per heavy atom. The summed E-state index contributed by atoms with van der Waals surface area (Å²) in [6.45, 7) is 8.53. The van der Waals surface area contributed by atoms with E-state index < -0.39 is 5.75 Å². The lowest BCUT2D eigenvalue weighted by Gasteiger charge is -2.21. The zero-order valence-electron chi connectivity index (χ0n) is 12.9. The van der Waals surface area contributed by atoms with Gasteiger partial charge in [0, 0.05) is 12.0 Å². The molecule has 112 valence electrons. The zero-order chi connectivity index (χ0) is 15.8. The lowest BCUT2D eigenvalue weighted by Crippen LogP contribution is -2.11. The van der Waals surface area contributed by atoms with Gasteiger partial charge in [-0.05, 0) is 29.5 Å². The molecule has 21 heavy (non-hydrogen) atoms.